The summed E-state index contributed by atoms with van der Waals surface area (Å²) < 4.78 is 71.5. The van der Waals surface area contributed by atoms with Crippen molar-refractivity contribution in [2.45, 2.75) is 24.2 Å². The molecule has 1 amide bonds. The monoisotopic (exact) mass is 349 g/mol. The van der Waals surface area contributed by atoms with Crippen LogP contribution in [-0.2, 0) is 21.1 Å². The predicted octanol–water partition coefficient (Wildman–Crippen LogP) is 2.45. The first kappa shape index (κ1) is 16.7. The highest BCUT2D eigenvalue weighted by Crippen LogP contribution is 2.56. The van der Waals surface area contributed by atoms with E-state index in [1.807, 2.05) is 0 Å². The quantitative estimate of drug-likeness (QED) is 0.609. The number of ether oxygens (including phenoxy) is 1. The Morgan fingerprint density at radius 2 is 2.04 bits per heavy atom. The van der Waals surface area contributed by atoms with Crippen LogP contribution in [-0.4, -0.2) is 43.1 Å². The standard InChI is InChI=1S/C15H12F5NO3/c1-24-10(22)5-21-6-14(4-9(14)16)11-7(13(21)23)2-3-8(12(11)17)15(18,19)20/h2-3,9H,4-6H2,1H3/t9-,14?/m1/s1. The summed E-state index contributed by atoms with van der Waals surface area (Å²) in [6.07, 6.45) is -6.74. The summed E-state index contributed by atoms with van der Waals surface area (Å²) in [7, 11) is 1.10. The Morgan fingerprint density at radius 1 is 1.42 bits per heavy atom. The van der Waals surface area contributed by atoms with Gasteiger partial charge in [-0.25, -0.2) is 8.78 Å². The van der Waals surface area contributed by atoms with Crippen molar-refractivity contribution in [3.8, 4) is 0 Å². The molecule has 1 aromatic rings. The Labute approximate surface area is 133 Å². The van der Waals surface area contributed by atoms with Gasteiger partial charge in [0.2, 0.25) is 0 Å². The molecule has 0 saturated heterocycles. The first-order chi connectivity index (χ1) is 11.1. The number of carbonyl (C=O) groups excluding carboxylic acids is 2. The second kappa shape index (κ2) is 5.15. The van der Waals surface area contributed by atoms with Gasteiger partial charge in [0, 0.05) is 17.7 Å². The number of alkyl halides is 4. The molecule has 1 aliphatic heterocycles. The SMILES string of the molecule is COC(=O)CN1CC2(C[C@H]2F)c2c(ccc(C(F)(F)F)c2F)C1=O. The molecule has 4 nitrogen and oxygen atoms in total. The number of fused-ring (bicyclic) bond motifs is 2. The fourth-order valence-corrected chi connectivity index (χ4v) is 3.15. The van der Waals surface area contributed by atoms with Crippen LogP contribution in [0.5, 0.6) is 0 Å². The van der Waals surface area contributed by atoms with E-state index >= 15 is 0 Å². The van der Waals surface area contributed by atoms with Gasteiger partial charge >= 0.3 is 12.1 Å². The summed E-state index contributed by atoms with van der Waals surface area (Å²) in [6, 6.07) is 1.29. The van der Waals surface area contributed by atoms with Gasteiger partial charge in [-0.05, 0) is 18.6 Å². The van der Waals surface area contributed by atoms with E-state index < -0.39 is 53.1 Å². The second-order valence-corrected chi connectivity index (χ2v) is 5.91. The van der Waals surface area contributed by atoms with Crippen LogP contribution in [0.25, 0.3) is 0 Å². The number of rotatable bonds is 2. The van der Waals surface area contributed by atoms with Gasteiger partial charge in [0.15, 0.2) is 0 Å². The van der Waals surface area contributed by atoms with Gasteiger partial charge < -0.3 is 9.64 Å². The first-order valence-electron chi connectivity index (χ1n) is 7.02. The van der Waals surface area contributed by atoms with Crippen LogP contribution in [0.1, 0.15) is 27.9 Å². The van der Waals surface area contributed by atoms with Crippen molar-refractivity contribution in [3.05, 3.63) is 34.6 Å². The highest BCUT2D eigenvalue weighted by atomic mass is 19.4. The smallest absolute Gasteiger partial charge is 0.419 e. The minimum Gasteiger partial charge on any atom is -0.468 e. The molecular weight excluding hydrogens is 337 g/mol. The lowest BCUT2D eigenvalue weighted by Crippen LogP contribution is -2.47. The Morgan fingerprint density at radius 3 is 2.54 bits per heavy atom. The van der Waals surface area contributed by atoms with Gasteiger partial charge in [-0.2, -0.15) is 13.2 Å². The number of hydrogen-bond donors (Lipinski definition) is 0. The molecule has 0 N–H and O–H groups in total. The summed E-state index contributed by atoms with van der Waals surface area (Å²) in [4.78, 5) is 24.7. The second-order valence-electron chi connectivity index (χ2n) is 5.91. The fourth-order valence-electron chi connectivity index (χ4n) is 3.15. The summed E-state index contributed by atoms with van der Waals surface area (Å²) in [5.74, 6) is -3.20. The third-order valence-electron chi connectivity index (χ3n) is 4.47. The van der Waals surface area contributed by atoms with Gasteiger partial charge in [-0.3, -0.25) is 9.59 Å². The summed E-state index contributed by atoms with van der Waals surface area (Å²) in [6.45, 7) is -0.848. The Hall–Kier alpha value is -2.19. The topological polar surface area (TPSA) is 46.6 Å². The lowest BCUT2D eigenvalue weighted by molar-refractivity contribution is -0.141. The van der Waals surface area contributed by atoms with Crippen molar-refractivity contribution in [3.63, 3.8) is 0 Å². The molecule has 1 unspecified atom stereocenters. The minimum atomic E-state index is -4.95. The van der Waals surface area contributed by atoms with Crippen molar-refractivity contribution >= 4 is 11.9 Å². The average Bonchev–Trinajstić information content (AvgIpc) is 3.12. The van der Waals surface area contributed by atoms with Crippen LogP contribution >= 0.6 is 0 Å². The number of methoxy groups -OCH3 is 1. The van der Waals surface area contributed by atoms with E-state index in [0.29, 0.717) is 6.07 Å². The van der Waals surface area contributed by atoms with Gasteiger partial charge in [-0.15, -0.1) is 0 Å². The number of esters is 1. The maximum absolute atomic E-state index is 14.4. The van der Waals surface area contributed by atoms with Crippen LogP contribution in [0, 0.1) is 5.82 Å². The van der Waals surface area contributed by atoms with Crippen molar-refractivity contribution in [1.29, 1.82) is 0 Å². The zero-order valence-electron chi connectivity index (χ0n) is 12.4. The van der Waals surface area contributed by atoms with E-state index in [4.69, 9.17) is 0 Å². The number of benzene rings is 1. The summed E-state index contributed by atoms with van der Waals surface area (Å²) in [5.41, 5.74) is -3.97. The molecule has 2 aliphatic rings. The average molecular weight is 349 g/mol. The number of nitrogens with zero attached hydrogens (tertiary/aromatic N) is 1. The molecule has 1 aliphatic carbocycles. The number of amides is 1. The molecule has 2 atom stereocenters. The number of halogens is 5. The van der Waals surface area contributed by atoms with E-state index in [-0.39, 0.29) is 18.5 Å². The molecule has 1 aromatic carbocycles. The van der Waals surface area contributed by atoms with Gasteiger partial charge in [-0.1, -0.05) is 0 Å². The van der Waals surface area contributed by atoms with Crippen molar-refractivity contribution < 1.29 is 36.3 Å². The van der Waals surface area contributed by atoms with Gasteiger partial charge in [0.05, 0.1) is 18.1 Å². The van der Waals surface area contributed by atoms with E-state index in [9.17, 15) is 31.5 Å². The molecule has 130 valence electrons. The number of hydrogen-bond acceptors (Lipinski definition) is 3. The molecule has 1 saturated carbocycles. The normalized spacial score (nSPS) is 25.7. The highest BCUT2D eigenvalue weighted by Gasteiger charge is 2.63. The maximum atomic E-state index is 14.4. The Balaban J connectivity index is 2.11. The molecule has 0 aromatic heterocycles. The summed E-state index contributed by atoms with van der Waals surface area (Å²) >= 11 is 0. The molecule has 1 spiro atoms. The molecule has 1 fully saturated rings. The van der Waals surface area contributed by atoms with E-state index in [1.54, 1.807) is 0 Å². The van der Waals surface area contributed by atoms with Crippen LogP contribution in [0.15, 0.2) is 12.1 Å². The third kappa shape index (κ3) is 2.33. The van der Waals surface area contributed by atoms with Crippen LogP contribution < -0.4 is 0 Å². The molecular formula is C15H12F5NO3. The molecule has 0 bridgehead atoms. The Kier molecular flexibility index (Phi) is 3.58. The molecule has 0 radical (unpaired) electrons. The van der Waals surface area contributed by atoms with Crippen LogP contribution in [0.4, 0.5) is 22.0 Å². The first-order valence-corrected chi connectivity index (χ1v) is 7.02. The largest absolute Gasteiger partial charge is 0.468 e. The number of carbonyl (C=O) groups is 2. The third-order valence-corrected chi connectivity index (χ3v) is 4.47. The zero-order valence-corrected chi connectivity index (χ0v) is 12.4. The minimum absolute atomic E-state index is 0.205. The van der Waals surface area contributed by atoms with Crippen molar-refractivity contribution in [2.75, 3.05) is 20.2 Å². The van der Waals surface area contributed by atoms with E-state index in [1.165, 1.54) is 0 Å². The Bertz CT molecular complexity index is 733. The van der Waals surface area contributed by atoms with Crippen LogP contribution in [0.3, 0.4) is 0 Å². The van der Waals surface area contributed by atoms with Gasteiger partial charge in [0.1, 0.15) is 18.5 Å². The fraction of sp³-hybridized carbons (Fsp3) is 0.467. The van der Waals surface area contributed by atoms with E-state index in [2.05, 4.69) is 4.74 Å². The molecule has 24 heavy (non-hydrogen) atoms. The maximum Gasteiger partial charge on any atom is 0.419 e. The van der Waals surface area contributed by atoms with E-state index in [0.717, 1.165) is 18.1 Å². The predicted molar refractivity (Wildman–Crippen MR) is 70.5 cm³/mol. The molecule has 3 rings (SSSR count). The molecule has 1 heterocycles. The summed E-state index contributed by atoms with van der Waals surface area (Å²) in [5, 5.41) is 0. The lowest BCUT2D eigenvalue weighted by Gasteiger charge is -2.34. The molecule has 9 heteroatoms. The van der Waals surface area contributed by atoms with Gasteiger partial charge in [0.25, 0.3) is 5.91 Å². The highest BCUT2D eigenvalue weighted by molar-refractivity contribution is 5.99. The van der Waals surface area contributed by atoms with Crippen LogP contribution in [0.2, 0.25) is 0 Å². The lowest BCUT2D eigenvalue weighted by atomic mass is 9.84. The van der Waals surface area contributed by atoms with Crippen molar-refractivity contribution in [1.82, 2.24) is 4.90 Å². The zero-order chi connectivity index (χ0) is 17.9. The van der Waals surface area contributed by atoms with Crippen molar-refractivity contribution in [2.24, 2.45) is 0 Å².